The van der Waals surface area contributed by atoms with Gasteiger partial charge in [0.2, 0.25) is 0 Å². The zero-order valence-electron chi connectivity index (χ0n) is 15.8. The van der Waals surface area contributed by atoms with E-state index in [0.717, 1.165) is 62.0 Å². The molecule has 27 heavy (non-hydrogen) atoms. The molecule has 1 aliphatic heterocycles. The van der Waals surface area contributed by atoms with E-state index in [1.807, 2.05) is 24.3 Å². The fraction of sp³-hybridized carbons (Fsp3) is 0.400. The molecule has 1 saturated heterocycles. The van der Waals surface area contributed by atoms with E-state index in [-0.39, 0.29) is 5.69 Å². The first-order chi connectivity index (χ1) is 13.1. The van der Waals surface area contributed by atoms with Gasteiger partial charge in [0, 0.05) is 38.8 Å². The van der Waals surface area contributed by atoms with E-state index in [1.165, 1.54) is 0 Å². The lowest BCUT2D eigenvalue weighted by atomic mass is 10.1. The number of methoxy groups -OCH3 is 2. The van der Waals surface area contributed by atoms with Crippen LogP contribution < -0.4 is 20.1 Å². The van der Waals surface area contributed by atoms with E-state index < -0.39 is 5.91 Å². The number of primary amides is 1. The molecule has 7 heteroatoms. The van der Waals surface area contributed by atoms with Crippen LogP contribution in [0.2, 0.25) is 0 Å². The van der Waals surface area contributed by atoms with Crippen LogP contribution in [-0.4, -0.2) is 56.2 Å². The van der Waals surface area contributed by atoms with Crippen LogP contribution in [0.3, 0.4) is 0 Å². The van der Waals surface area contributed by atoms with Gasteiger partial charge >= 0.3 is 0 Å². The number of pyridine rings is 1. The van der Waals surface area contributed by atoms with Gasteiger partial charge in [-0.1, -0.05) is 6.07 Å². The van der Waals surface area contributed by atoms with Crippen molar-refractivity contribution < 1.29 is 14.3 Å². The van der Waals surface area contributed by atoms with Gasteiger partial charge in [0.25, 0.3) is 5.91 Å². The third kappa shape index (κ3) is 4.49. The van der Waals surface area contributed by atoms with Gasteiger partial charge < -0.3 is 20.1 Å². The SMILES string of the molecule is COc1cccc(OC)c1CN1CCCN(c2cc[c]c(C(N)=O)n2)CC1. The Balaban J connectivity index is 1.71. The van der Waals surface area contributed by atoms with E-state index in [4.69, 9.17) is 15.2 Å². The van der Waals surface area contributed by atoms with Crippen LogP contribution in [0.25, 0.3) is 0 Å². The zero-order chi connectivity index (χ0) is 19.2. The molecule has 0 spiro atoms. The zero-order valence-corrected chi connectivity index (χ0v) is 15.8. The third-order valence-electron chi connectivity index (χ3n) is 4.74. The minimum Gasteiger partial charge on any atom is -0.496 e. The Morgan fingerprint density at radius 3 is 2.56 bits per heavy atom. The highest BCUT2D eigenvalue weighted by Crippen LogP contribution is 2.30. The fourth-order valence-corrected chi connectivity index (χ4v) is 3.35. The van der Waals surface area contributed by atoms with Crippen molar-refractivity contribution in [3.8, 4) is 11.5 Å². The van der Waals surface area contributed by atoms with E-state index in [9.17, 15) is 4.79 Å². The molecular weight excluding hydrogens is 344 g/mol. The molecule has 0 aliphatic carbocycles. The van der Waals surface area contributed by atoms with Crippen molar-refractivity contribution in [2.45, 2.75) is 13.0 Å². The normalized spacial score (nSPS) is 15.3. The molecule has 1 fully saturated rings. The van der Waals surface area contributed by atoms with E-state index in [1.54, 1.807) is 20.3 Å². The molecule has 1 radical (unpaired) electrons. The summed E-state index contributed by atoms with van der Waals surface area (Å²) in [5.74, 6) is 1.87. The summed E-state index contributed by atoms with van der Waals surface area (Å²) >= 11 is 0. The van der Waals surface area contributed by atoms with Crippen LogP contribution in [0.4, 0.5) is 5.82 Å². The summed E-state index contributed by atoms with van der Waals surface area (Å²) in [4.78, 5) is 20.3. The number of anilines is 1. The summed E-state index contributed by atoms with van der Waals surface area (Å²) < 4.78 is 11.0. The average Bonchev–Trinajstić information content (AvgIpc) is 2.94. The maximum atomic E-state index is 11.4. The number of ether oxygens (including phenoxy) is 2. The quantitative estimate of drug-likeness (QED) is 0.835. The maximum Gasteiger partial charge on any atom is 0.268 e. The number of nitrogens with two attached hydrogens (primary N) is 1. The first-order valence-electron chi connectivity index (χ1n) is 8.98. The van der Waals surface area contributed by atoms with Gasteiger partial charge in [-0.15, -0.1) is 0 Å². The van der Waals surface area contributed by atoms with Crippen molar-refractivity contribution in [2.75, 3.05) is 45.3 Å². The van der Waals surface area contributed by atoms with E-state index in [2.05, 4.69) is 20.9 Å². The Hall–Kier alpha value is -2.80. The van der Waals surface area contributed by atoms with Gasteiger partial charge in [-0.25, -0.2) is 4.98 Å². The van der Waals surface area contributed by atoms with Gasteiger partial charge in [-0.3, -0.25) is 9.69 Å². The number of amides is 1. The minimum atomic E-state index is -0.559. The van der Waals surface area contributed by atoms with Gasteiger partial charge in [0.05, 0.1) is 19.8 Å². The lowest BCUT2D eigenvalue weighted by Crippen LogP contribution is -2.31. The Bertz CT molecular complexity index is 774. The van der Waals surface area contributed by atoms with Gasteiger partial charge in [0.15, 0.2) is 0 Å². The molecule has 2 aromatic rings. The number of hydrogen-bond acceptors (Lipinski definition) is 6. The van der Waals surface area contributed by atoms with Crippen LogP contribution >= 0.6 is 0 Å². The standard InChI is InChI=1S/C20H25N4O3/c1-26-17-7-4-8-18(27-2)15(17)14-23-10-5-11-24(13-12-23)19-9-3-6-16(22-19)20(21)25/h3-4,7-9H,5,10-14H2,1-2H3,(H2,21,25). The smallest absolute Gasteiger partial charge is 0.268 e. The number of carbonyl (C=O) groups is 1. The molecule has 3 rings (SSSR count). The summed E-state index contributed by atoms with van der Waals surface area (Å²) in [5, 5.41) is 0. The molecule has 1 amide bonds. The molecule has 0 atom stereocenters. The summed E-state index contributed by atoms with van der Waals surface area (Å²) in [6.45, 7) is 4.26. The molecule has 1 aliphatic rings. The second-order valence-electron chi connectivity index (χ2n) is 6.42. The van der Waals surface area contributed by atoms with Gasteiger partial charge in [-0.05, 0) is 30.7 Å². The van der Waals surface area contributed by atoms with Crippen LogP contribution in [0, 0.1) is 6.07 Å². The van der Waals surface area contributed by atoms with Crippen molar-refractivity contribution in [3.63, 3.8) is 0 Å². The number of hydrogen-bond donors (Lipinski definition) is 1. The predicted molar refractivity (Wildman–Crippen MR) is 103 cm³/mol. The summed E-state index contributed by atoms with van der Waals surface area (Å²) in [7, 11) is 3.35. The van der Waals surface area contributed by atoms with Crippen molar-refractivity contribution >= 4 is 11.7 Å². The number of aromatic nitrogens is 1. The lowest BCUT2D eigenvalue weighted by Gasteiger charge is -2.24. The lowest BCUT2D eigenvalue weighted by molar-refractivity contribution is 0.0995. The highest BCUT2D eigenvalue weighted by molar-refractivity contribution is 5.90. The molecule has 0 saturated carbocycles. The minimum absolute atomic E-state index is 0.173. The van der Waals surface area contributed by atoms with Crippen LogP contribution in [0.5, 0.6) is 11.5 Å². The number of benzene rings is 1. The van der Waals surface area contributed by atoms with E-state index in [0.29, 0.717) is 0 Å². The topological polar surface area (TPSA) is 80.9 Å². The fourth-order valence-electron chi connectivity index (χ4n) is 3.35. The van der Waals surface area contributed by atoms with Crippen molar-refractivity contribution in [1.29, 1.82) is 0 Å². The van der Waals surface area contributed by atoms with Crippen LogP contribution in [-0.2, 0) is 6.54 Å². The Labute approximate surface area is 159 Å². The first-order valence-corrected chi connectivity index (χ1v) is 8.98. The molecule has 143 valence electrons. The number of carbonyl (C=O) groups excluding carboxylic acids is 1. The van der Waals surface area contributed by atoms with Crippen LogP contribution in [0.1, 0.15) is 22.5 Å². The molecule has 0 bridgehead atoms. The van der Waals surface area contributed by atoms with Crippen molar-refractivity contribution in [2.24, 2.45) is 5.73 Å². The second kappa shape index (κ2) is 8.73. The maximum absolute atomic E-state index is 11.4. The molecular formula is C20H25N4O3. The monoisotopic (exact) mass is 369 g/mol. The summed E-state index contributed by atoms with van der Waals surface area (Å²) in [6.07, 6.45) is 0.990. The summed E-state index contributed by atoms with van der Waals surface area (Å²) in [6, 6.07) is 12.2. The molecule has 2 N–H and O–H groups in total. The second-order valence-corrected chi connectivity index (χ2v) is 6.42. The number of rotatable bonds is 6. The van der Waals surface area contributed by atoms with Crippen LogP contribution in [0.15, 0.2) is 30.3 Å². The number of nitrogens with zero attached hydrogens (tertiary/aromatic N) is 3. The Morgan fingerprint density at radius 1 is 1.15 bits per heavy atom. The molecule has 7 nitrogen and oxygen atoms in total. The summed E-state index contributed by atoms with van der Waals surface area (Å²) in [5.41, 5.74) is 6.55. The largest absolute Gasteiger partial charge is 0.496 e. The van der Waals surface area contributed by atoms with Gasteiger partial charge in [0.1, 0.15) is 23.0 Å². The predicted octanol–water partition coefficient (Wildman–Crippen LogP) is 1.71. The molecule has 1 aromatic carbocycles. The first kappa shape index (κ1) is 19.0. The molecule has 1 aromatic heterocycles. The van der Waals surface area contributed by atoms with Gasteiger partial charge in [-0.2, -0.15) is 0 Å². The Kier molecular flexibility index (Phi) is 6.13. The average molecular weight is 369 g/mol. The van der Waals surface area contributed by atoms with E-state index >= 15 is 0 Å². The highest BCUT2D eigenvalue weighted by atomic mass is 16.5. The molecule has 0 unspecified atom stereocenters. The highest BCUT2D eigenvalue weighted by Gasteiger charge is 2.20. The third-order valence-corrected chi connectivity index (χ3v) is 4.74. The Morgan fingerprint density at radius 2 is 1.89 bits per heavy atom. The van der Waals surface area contributed by atoms with Crippen molar-refractivity contribution in [3.05, 3.63) is 47.7 Å². The molecule has 2 heterocycles. The van der Waals surface area contributed by atoms with Crippen molar-refractivity contribution in [1.82, 2.24) is 9.88 Å².